The van der Waals surface area contributed by atoms with Crippen molar-refractivity contribution in [1.82, 2.24) is 9.03 Å². The molecule has 0 radical (unpaired) electrons. The Morgan fingerprint density at radius 3 is 2.88 bits per heavy atom. The summed E-state index contributed by atoms with van der Waals surface area (Å²) < 4.78 is 28.3. The minimum absolute atomic E-state index is 0.0261. The summed E-state index contributed by atoms with van der Waals surface area (Å²) in [6, 6.07) is -0.0261. The van der Waals surface area contributed by atoms with Crippen LogP contribution in [0.3, 0.4) is 0 Å². The Morgan fingerprint density at radius 2 is 2.24 bits per heavy atom. The molecular weight excluding hydrogens is 258 g/mol. The number of hydrogen-bond acceptors (Lipinski definition) is 4. The summed E-state index contributed by atoms with van der Waals surface area (Å²) in [5, 5.41) is 0. The molecule has 0 aromatic heterocycles. The molecule has 0 aliphatic carbocycles. The highest BCUT2D eigenvalue weighted by molar-refractivity contribution is 7.98. The molecule has 0 aromatic rings. The molecule has 0 saturated carbocycles. The average molecular weight is 281 g/mol. The van der Waals surface area contributed by atoms with Gasteiger partial charge < -0.3 is 5.73 Å². The van der Waals surface area contributed by atoms with Gasteiger partial charge in [0.15, 0.2) is 0 Å². The molecule has 0 bridgehead atoms. The highest BCUT2D eigenvalue weighted by Gasteiger charge is 2.30. The van der Waals surface area contributed by atoms with E-state index in [1.165, 1.54) is 4.31 Å². The summed E-state index contributed by atoms with van der Waals surface area (Å²) in [6.07, 6.45) is 5.76. The number of hydrogen-bond donors (Lipinski definition) is 2. The number of rotatable bonds is 7. The van der Waals surface area contributed by atoms with E-state index in [1.54, 1.807) is 11.8 Å². The highest BCUT2D eigenvalue weighted by Crippen LogP contribution is 2.18. The van der Waals surface area contributed by atoms with E-state index < -0.39 is 10.2 Å². The van der Waals surface area contributed by atoms with Crippen molar-refractivity contribution >= 4 is 22.0 Å². The van der Waals surface area contributed by atoms with Gasteiger partial charge in [-0.3, -0.25) is 0 Å². The molecular formula is C10H23N3O2S2. The van der Waals surface area contributed by atoms with Crippen LogP contribution in [-0.2, 0) is 10.2 Å². The maximum atomic E-state index is 12.1. The summed E-state index contributed by atoms with van der Waals surface area (Å²) >= 11 is 1.72. The lowest BCUT2D eigenvalue weighted by Crippen LogP contribution is -2.51. The number of nitrogens with two attached hydrogens (primary N) is 1. The Balaban J connectivity index is 2.49. The number of thioether (sulfide) groups is 1. The molecule has 1 aliphatic rings. The van der Waals surface area contributed by atoms with Crippen LogP contribution in [0.15, 0.2) is 0 Å². The third-order valence-corrected chi connectivity index (χ3v) is 5.33. The Bertz CT molecular complexity index is 309. The second-order valence-electron chi connectivity index (χ2n) is 4.24. The first-order valence-electron chi connectivity index (χ1n) is 6.07. The monoisotopic (exact) mass is 281 g/mol. The van der Waals surface area contributed by atoms with E-state index in [0.29, 0.717) is 19.6 Å². The molecule has 17 heavy (non-hydrogen) atoms. The molecule has 102 valence electrons. The van der Waals surface area contributed by atoms with Crippen molar-refractivity contribution in [2.75, 3.05) is 31.6 Å². The van der Waals surface area contributed by atoms with Gasteiger partial charge in [0.2, 0.25) is 0 Å². The van der Waals surface area contributed by atoms with Gasteiger partial charge in [0, 0.05) is 25.7 Å². The fourth-order valence-electron chi connectivity index (χ4n) is 2.03. The predicted octanol–water partition coefficient (Wildman–Crippen LogP) is 0.387. The van der Waals surface area contributed by atoms with Crippen LogP contribution < -0.4 is 10.5 Å². The van der Waals surface area contributed by atoms with Crippen LogP contribution in [0.4, 0.5) is 0 Å². The number of nitrogens with zero attached hydrogens (tertiary/aromatic N) is 1. The van der Waals surface area contributed by atoms with E-state index in [9.17, 15) is 8.42 Å². The summed E-state index contributed by atoms with van der Waals surface area (Å²) in [4.78, 5) is 0. The van der Waals surface area contributed by atoms with E-state index in [4.69, 9.17) is 5.73 Å². The molecule has 0 spiro atoms. The quantitative estimate of drug-likeness (QED) is 0.662. The summed E-state index contributed by atoms with van der Waals surface area (Å²) in [5.41, 5.74) is 5.63. The minimum atomic E-state index is -3.33. The van der Waals surface area contributed by atoms with Crippen molar-refractivity contribution in [1.29, 1.82) is 0 Å². The summed E-state index contributed by atoms with van der Waals surface area (Å²) in [7, 11) is -3.33. The van der Waals surface area contributed by atoms with Crippen molar-refractivity contribution in [2.24, 2.45) is 5.73 Å². The molecule has 1 rings (SSSR count). The lowest BCUT2D eigenvalue weighted by atomic mass is 10.1. The molecule has 1 aliphatic heterocycles. The van der Waals surface area contributed by atoms with Gasteiger partial charge in [-0.15, -0.1) is 0 Å². The maximum absolute atomic E-state index is 12.1. The fourth-order valence-corrected chi connectivity index (χ4v) is 3.98. The molecule has 1 saturated heterocycles. The normalized spacial score (nSPS) is 22.8. The lowest BCUT2D eigenvalue weighted by Gasteiger charge is -2.33. The highest BCUT2D eigenvalue weighted by atomic mass is 32.2. The smallest absolute Gasteiger partial charge is 0.279 e. The van der Waals surface area contributed by atoms with Gasteiger partial charge in [-0.05, 0) is 31.3 Å². The van der Waals surface area contributed by atoms with Gasteiger partial charge in [-0.2, -0.15) is 24.5 Å². The molecule has 0 amide bonds. The topological polar surface area (TPSA) is 75.4 Å². The van der Waals surface area contributed by atoms with Gasteiger partial charge in [-0.1, -0.05) is 6.42 Å². The minimum Gasteiger partial charge on any atom is -0.329 e. The van der Waals surface area contributed by atoms with Crippen molar-refractivity contribution in [3.05, 3.63) is 0 Å². The molecule has 1 heterocycles. The second kappa shape index (κ2) is 7.58. The van der Waals surface area contributed by atoms with Crippen LogP contribution >= 0.6 is 11.8 Å². The van der Waals surface area contributed by atoms with E-state index in [2.05, 4.69) is 4.72 Å². The number of piperidine rings is 1. The SMILES string of the molecule is CSCCCNS(=O)(=O)N1CCCCC1CN. The molecule has 3 N–H and O–H groups in total. The zero-order chi connectivity index (χ0) is 12.7. The van der Waals surface area contributed by atoms with Gasteiger partial charge in [0.05, 0.1) is 0 Å². The first-order valence-corrected chi connectivity index (χ1v) is 8.90. The van der Waals surface area contributed by atoms with Crippen LogP contribution in [-0.4, -0.2) is 50.4 Å². The lowest BCUT2D eigenvalue weighted by molar-refractivity contribution is 0.254. The van der Waals surface area contributed by atoms with E-state index >= 15 is 0 Å². The molecule has 1 atom stereocenters. The Kier molecular flexibility index (Phi) is 6.79. The van der Waals surface area contributed by atoms with E-state index in [0.717, 1.165) is 31.4 Å². The first kappa shape index (κ1) is 15.2. The van der Waals surface area contributed by atoms with Gasteiger partial charge >= 0.3 is 0 Å². The third kappa shape index (κ3) is 4.75. The van der Waals surface area contributed by atoms with Crippen LogP contribution in [0.1, 0.15) is 25.7 Å². The van der Waals surface area contributed by atoms with E-state index in [-0.39, 0.29) is 6.04 Å². The van der Waals surface area contributed by atoms with Crippen LogP contribution in [0.25, 0.3) is 0 Å². The van der Waals surface area contributed by atoms with Crippen molar-refractivity contribution in [2.45, 2.75) is 31.7 Å². The zero-order valence-corrected chi connectivity index (χ0v) is 12.0. The average Bonchev–Trinajstić information content (AvgIpc) is 2.34. The molecule has 5 nitrogen and oxygen atoms in total. The second-order valence-corrected chi connectivity index (χ2v) is 6.94. The van der Waals surface area contributed by atoms with Crippen LogP contribution in [0.2, 0.25) is 0 Å². The molecule has 7 heteroatoms. The standard InChI is InChI=1S/C10H23N3O2S2/c1-16-8-4-6-12-17(14,15)13-7-3-2-5-10(13)9-11/h10,12H,2-9,11H2,1H3. The van der Waals surface area contributed by atoms with E-state index in [1.807, 2.05) is 6.26 Å². The van der Waals surface area contributed by atoms with Crippen molar-refractivity contribution < 1.29 is 8.42 Å². The van der Waals surface area contributed by atoms with Crippen LogP contribution in [0, 0.1) is 0 Å². The van der Waals surface area contributed by atoms with Crippen molar-refractivity contribution in [3.8, 4) is 0 Å². The molecule has 1 unspecified atom stereocenters. The number of nitrogens with one attached hydrogen (secondary N) is 1. The largest absolute Gasteiger partial charge is 0.329 e. The summed E-state index contributed by atoms with van der Waals surface area (Å²) in [6.45, 7) is 1.52. The predicted molar refractivity (Wildman–Crippen MR) is 73.3 cm³/mol. The fraction of sp³-hybridized carbons (Fsp3) is 1.00. The molecule has 0 aromatic carbocycles. The first-order chi connectivity index (χ1) is 8.11. The molecule has 1 fully saturated rings. The summed E-state index contributed by atoms with van der Waals surface area (Å²) in [5.74, 6) is 0.975. The van der Waals surface area contributed by atoms with Gasteiger partial charge in [0.1, 0.15) is 0 Å². The zero-order valence-electron chi connectivity index (χ0n) is 10.4. The Labute approximate surface area is 109 Å². The Hall–Kier alpha value is 0.180. The van der Waals surface area contributed by atoms with Gasteiger partial charge in [-0.25, -0.2) is 4.72 Å². The van der Waals surface area contributed by atoms with Crippen LogP contribution in [0.5, 0.6) is 0 Å². The maximum Gasteiger partial charge on any atom is 0.279 e. The van der Waals surface area contributed by atoms with Gasteiger partial charge in [0.25, 0.3) is 10.2 Å². The Morgan fingerprint density at radius 1 is 1.47 bits per heavy atom. The van der Waals surface area contributed by atoms with Crippen molar-refractivity contribution in [3.63, 3.8) is 0 Å². The third-order valence-electron chi connectivity index (χ3n) is 2.96.